The Morgan fingerprint density at radius 1 is 1.23 bits per heavy atom. The number of anilines is 1. The minimum atomic E-state index is -0.115. The Labute approximate surface area is 127 Å². The van der Waals surface area contributed by atoms with Crippen molar-refractivity contribution in [3.05, 3.63) is 66.2 Å². The molecule has 1 N–H and O–H groups in total. The first kappa shape index (κ1) is 13.9. The van der Waals surface area contributed by atoms with E-state index in [2.05, 4.69) is 20.4 Å². The van der Waals surface area contributed by atoms with Crippen LogP contribution < -0.4 is 5.32 Å². The van der Waals surface area contributed by atoms with Gasteiger partial charge < -0.3 is 5.32 Å². The van der Waals surface area contributed by atoms with Crippen LogP contribution in [0.1, 0.15) is 11.1 Å². The molecular formula is C16H15N5O. The van der Waals surface area contributed by atoms with E-state index in [0.717, 1.165) is 11.1 Å². The highest BCUT2D eigenvalue weighted by Gasteiger charge is 2.07. The number of nitrogens with one attached hydrogen (secondary N) is 1. The fraction of sp³-hybridized carbons (Fsp3) is 0.125. The van der Waals surface area contributed by atoms with E-state index in [1.807, 2.05) is 31.2 Å². The molecule has 0 unspecified atom stereocenters. The van der Waals surface area contributed by atoms with Crippen LogP contribution in [0.25, 0.3) is 5.82 Å². The second kappa shape index (κ2) is 6.17. The fourth-order valence-electron chi connectivity index (χ4n) is 2.14. The van der Waals surface area contributed by atoms with Gasteiger partial charge in [0, 0.05) is 18.5 Å². The van der Waals surface area contributed by atoms with E-state index in [-0.39, 0.29) is 5.91 Å². The highest BCUT2D eigenvalue weighted by Crippen LogP contribution is 2.10. The molecule has 1 aromatic carbocycles. The maximum absolute atomic E-state index is 12.1. The summed E-state index contributed by atoms with van der Waals surface area (Å²) in [4.78, 5) is 20.3. The first-order chi connectivity index (χ1) is 10.7. The second-order valence-corrected chi connectivity index (χ2v) is 4.93. The molecular weight excluding hydrogens is 278 g/mol. The van der Waals surface area contributed by atoms with Gasteiger partial charge in [0.1, 0.15) is 12.1 Å². The summed E-state index contributed by atoms with van der Waals surface area (Å²) in [5.41, 5.74) is 2.10. The van der Waals surface area contributed by atoms with Gasteiger partial charge in [-0.1, -0.05) is 29.8 Å². The molecule has 0 atom stereocenters. The van der Waals surface area contributed by atoms with E-state index in [0.29, 0.717) is 18.1 Å². The standard InChI is InChI=1S/C16H15N5O/c1-12-4-2-5-13(8-12)9-16(22)20-14-10-15(18-11-17-14)21-7-3-6-19-21/h2-8,10-11H,9H2,1H3,(H,17,18,20,22). The van der Waals surface area contributed by atoms with Gasteiger partial charge in [0.25, 0.3) is 0 Å². The number of amides is 1. The van der Waals surface area contributed by atoms with Gasteiger partial charge in [0.2, 0.25) is 5.91 Å². The zero-order valence-corrected chi connectivity index (χ0v) is 12.1. The number of rotatable bonds is 4. The second-order valence-electron chi connectivity index (χ2n) is 4.93. The Morgan fingerprint density at radius 3 is 2.91 bits per heavy atom. The van der Waals surface area contributed by atoms with Crippen molar-refractivity contribution in [2.75, 3.05) is 5.32 Å². The summed E-state index contributed by atoms with van der Waals surface area (Å²) in [5, 5.41) is 6.88. The Kier molecular flexibility index (Phi) is 3.91. The summed E-state index contributed by atoms with van der Waals surface area (Å²) in [5.74, 6) is 0.944. The van der Waals surface area contributed by atoms with Gasteiger partial charge in [-0.05, 0) is 18.6 Å². The van der Waals surface area contributed by atoms with E-state index in [9.17, 15) is 4.79 Å². The number of aryl methyl sites for hydroxylation is 1. The van der Waals surface area contributed by atoms with E-state index in [1.54, 1.807) is 29.2 Å². The molecule has 0 aliphatic carbocycles. The number of hydrogen-bond donors (Lipinski definition) is 1. The first-order valence-corrected chi connectivity index (χ1v) is 6.88. The van der Waals surface area contributed by atoms with Gasteiger partial charge in [-0.3, -0.25) is 4.79 Å². The topological polar surface area (TPSA) is 72.7 Å². The molecule has 0 bridgehead atoms. The van der Waals surface area contributed by atoms with Crippen LogP contribution >= 0.6 is 0 Å². The Balaban J connectivity index is 1.70. The molecule has 3 rings (SSSR count). The molecule has 0 fully saturated rings. The first-order valence-electron chi connectivity index (χ1n) is 6.88. The maximum atomic E-state index is 12.1. The molecule has 0 aliphatic heterocycles. The van der Waals surface area contributed by atoms with Crippen molar-refractivity contribution in [3.8, 4) is 5.82 Å². The van der Waals surface area contributed by atoms with Gasteiger partial charge in [-0.15, -0.1) is 0 Å². The maximum Gasteiger partial charge on any atom is 0.229 e. The smallest absolute Gasteiger partial charge is 0.229 e. The molecule has 0 radical (unpaired) electrons. The monoisotopic (exact) mass is 293 g/mol. The van der Waals surface area contributed by atoms with E-state index < -0.39 is 0 Å². The van der Waals surface area contributed by atoms with Crippen molar-refractivity contribution in [1.29, 1.82) is 0 Å². The number of carbonyl (C=O) groups is 1. The van der Waals surface area contributed by atoms with E-state index in [1.165, 1.54) is 6.33 Å². The molecule has 1 amide bonds. The summed E-state index contributed by atoms with van der Waals surface area (Å²) in [6.07, 6.45) is 5.15. The minimum absolute atomic E-state index is 0.115. The van der Waals surface area contributed by atoms with Crippen molar-refractivity contribution >= 4 is 11.7 Å². The van der Waals surface area contributed by atoms with Crippen LogP contribution in [0.3, 0.4) is 0 Å². The third kappa shape index (κ3) is 3.35. The molecule has 6 heteroatoms. The van der Waals surface area contributed by atoms with Crippen LogP contribution in [0.15, 0.2) is 55.1 Å². The summed E-state index contributed by atoms with van der Waals surface area (Å²) in [7, 11) is 0. The quantitative estimate of drug-likeness (QED) is 0.800. The fourth-order valence-corrected chi connectivity index (χ4v) is 2.14. The Hall–Kier alpha value is -3.02. The number of aromatic nitrogens is 4. The van der Waals surface area contributed by atoms with Crippen molar-refractivity contribution in [1.82, 2.24) is 19.7 Å². The summed E-state index contributed by atoms with van der Waals surface area (Å²) >= 11 is 0. The van der Waals surface area contributed by atoms with Crippen LogP contribution in [0.5, 0.6) is 0 Å². The highest BCUT2D eigenvalue weighted by molar-refractivity contribution is 5.91. The van der Waals surface area contributed by atoms with Gasteiger partial charge in [-0.25, -0.2) is 14.6 Å². The molecule has 3 aromatic rings. The summed E-state index contributed by atoms with van der Waals surface area (Å²) in [6, 6.07) is 11.4. The summed E-state index contributed by atoms with van der Waals surface area (Å²) in [6.45, 7) is 2.00. The zero-order chi connectivity index (χ0) is 15.4. The number of benzene rings is 1. The van der Waals surface area contributed by atoms with Gasteiger partial charge in [0.15, 0.2) is 5.82 Å². The SMILES string of the molecule is Cc1cccc(CC(=O)Nc2cc(-n3cccn3)ncn2)c1. The normalized spacial score (nSPS) is 10.4. The van der Waals surface area contributed by atoms with Crippen molar-refractivity contribution in [2.45, 2.75) is 13.3 Å². The van der Waals surface area contributed by atoms with Crippen LogP contribution in [-0.2, 0) is 11.2 Å². The molecule has 0 spiro atoms. The van der Waals surface area contributed by atoms with Crippen molar-refractivity contribution in [2.24, 2.45) is 0 Å². The molecule has 6 nitrogen and oxygen atoms in total. The largest absolute Gasteiger partial charge is 0.310 e. The molecule has 2 heterocycles. The third-order valence-corrected chi connectivity index (χ3v) is 3.11. The van der Waals surface area contributed by atoms with E-state index in [4.69, 9.17) is 0 Å². The lowest BCUT2D eigenvalue weighted by Gasteiger charge is -2.06. The third-order valence-electron chi connectivity index (χ3n) is 3.11. The molecule has 0 saturated heterocycles. The Bertz CT molecular complexity index is 783. The lowest BCUT2D eigenvalue weighted by Crippen LogP contribution is -2.16. The van der Waals surface area contributed by atoms with Crippen LogP contribution in [0.2, 0.25) is 0 Å². The molecule has 0 saturated carbocycles. The van der Waals surface area contributed by atoms with Gasteiger partial charge in [0.05, 0.1) is 6.42 Å². The van der Waals surface area contributed by atoms with Crippen LogP contribution in [0.4, 0.5) is 5.82 Å². The predicted molar refractivity (Wildman–Crippen MR) is 82.7 cm³/mol. The zero-order valence-electron chi connectivity index (χ0n) is 12.1. The van der Waals surface area contributed by atoms with Crippen LogP contribution in [-0.4, -0.2) is 25.7 Å². The molecule has 22 heavy (non-hydrogen) atoms. The number of carbonyl (C=O) groups excluding carboxylic acids is 1. The van der Waals surface area contributed by atoms with Crippen LogP contribution in [0, 0.1) is 6.92 Å². The summed E-state index contributed by atoms with van der Waals surface area (Å²) < 4.78 is 1.61. The van der Waals surface area contributed by atoms with Crippen molar-refractivity contribution in [3.63, 3.8) is 0 Å². The minimum Gasteiger partial charge on any atom is -0.310 e. The lowest BCUT2D eigenvalue weighted by molar-refractivity contribution is -0.115. The average Bonchev–Trinajstić information content (AvgIpc) is 3.01. The Morgan fingerprint density at radius 2 is 2.14 bits per heavy atom. The molecule has 110 valence electrons. The number of hydrogen-bond acceptors (Lipinski definition) is 4. The van der Waals surface area contributed by atoms with Crippen molar-refractivity contribution < 1.29 is 4.79 Å². The van der Waals surface area contributed by atoms with E-state index >= 15 is 0 Å². The lowest BCUT2D eigenvalue weighted by atomic mass is 10.1. The number of nitrogens with zero attached hydrogens (tertiary/aromatic N) is 4. The molecule has 0 aliphatic rings. The highest BCUT2D eigenvalue weighted by atomic mass is 16.1. The van der Waals surface area contributed by atoms with Gasteiger partial charge in [-0.2, -0.15) is 5.10 Å². The van der Waals surface area contributed by atoms with Gasteiger partial charge >= 0.3 is 0 Å². The predicted octanol–water partition coefficient (Wildman–Crippen LogP) is 2.15. The molecule has 2 aromatic heterocycles. The average molecular weight is 293 g/mol.